The second kappa shape index (κ2) is 8.50. The molecule has 0 fully saturated rings. The monoisotopic (exact) mass is 428 g/mol. The maximum atomic E-state index is 12.1. The number of benzene rings is 1. The van der Waals surface area contributed by atoms with Gasteiger partial charge in [0.25, 0.3) is 11.8 Å². The fraction of sp³-hybridized carbons (Fsp3) is 0.105. The van der Waals surface area contributed by atoms with Crippen LogP contribution < -0.4 is 15.6 Å². The third-order valence-electron chi connectivity index (χ3n) is 3.75. The average Bonchev–Trinajstić information content (AvgIpc) is 3.13. The molecule has 7 nitrogen and oxygen atoms in total. The predicted octanol–water partition coefficient (Wildman–Crippen LogP) is 3.39. The topological polar surface area (TPSA) is 96.1 Å². The molecule has 2 heterocycles. The largest absolute Gasteiger partial charge is 0.470 e. The second-order valence-electron chi connectivity index (χ2n) is 5.70. The van der Waals surface area contributed by atoms with Crippen LogP contribution in [0.3, 0.4) is 0 Å². The third-order valence-corrected chi connectivity index (χ3v) is 4.20. The molecule has 2 aromatic heterocycles. The molecule has 1 aromatic carbocycles. The highest BCUT2D eigenvalue weighted by molar-refractivity contribution is 9.10. The number of aromatic amines is 1. The van der Waals surface area contributed by atoms with Crippen LogP contribution in [0.5, 0.6) is 5.88 Å². The number of carbonyl (C=O) groups is 2. The molecular weight excluding hydrogens is 412 g/mol. The van der Waals surface area contributed by atoms with E-state index in [-0.39, 0.29) is 6.10 Å². The van der Waals surface area contributed by atoms with Crippen molar-refractivity contribution >= 4 is 27.7 Å². The summed E-state index contributed by atoms with van der Waals surface area (Å²) in [6.45, 7) is 1.92. The minimum absolute atomic E-state index is 0.169. The number of hydrazine groups is 1. The lowest BCUT2D eigenvalue weighted by Gasteiger charge is -2.14. The van der Waals surface area contributed by atoms with Crippen LogP contribution in [0.15, 0.2) is 65.4 Å². The summed E-state index contributed by atoms with van der Waals surface area (Å²) < 4.78 is 6.51. The van der Waals surface area contributed by atoms with Crippen molar-refractivity contribution in [3.63, 3.8) is 0 Å². The summed E-state index contributed by atoms with van der Waals surface area (Å²) in [6, 6.07) is 14.5. The average molecular weight is 429 g/mol. The number of nitrogens with one attached hydrogen (secondary N) is 3. The van der Waals surface area contributed by atoms with Gasteiger partial charge in [0.1, 0.15) is 11.8 Å². The molecule has 3 rings (SSSR count). The highest BCUT2D eigenvalue weighted by Crippen LogP contribution is 2.19. The Morgan fingerprint density at radius 2 is 1.85 bits per heavy atom. The first kappa shape index (κ1) is 18.7. The number of hydrogen-bond acceptors (Lipinski definition) is 4. The van der Waals surface area contributed by atoms with Gasteiger partial charge in [-0.25, -0.2) is 4.98 Å². The molecule has 2 amide bonds. The highest BCUT2D eigenvalue weighted by atomic mass is 79.9. The number of ether oxygens (including phenoxy) is 1. The van der Waals surface area contributed by atoms with E-state index < -0.39 is 11.8 Å². The number of nitrogens with zero attached hydrogens (tertiary/aromatic N) is 1. The van der Waals surface area contributed by atoms with Gasteiger partial charge in [0.2, 0.25) is 5.88 Å². The number of carbonyl (C=O) groups excluding carboxylic acids is 2. The van der Waals surface area contributed by atoms with E-state index in [0.717, 1.165) is 10.0 Å². The van der Waals surface area contributed by atoms with E-state index in [4.69, 9.17) is 4.74 Å². The maximum Gasteiger partial charge on any atom is 0.286 e. The third kappa shape index (κ3) is 4.95. The molecule has 3 aromatic rings. The van der Waals surface area contributed by atoms with Crippen LogP contribution in [0.1, 0.15) is 39.4 Å². The predicted molar refractivity (Wildman–Crippen MR) is 103 cm³/mol. The minimum atomic E-state index is -0.482. The Morgan fingerprint density at radius 3 is 2.48 bits per heavy atom. The van der Waals surface area contributed by atoms with E-state index in [0.29, 0.717) is 17.1 Å². The van der Waals surface area contributed by atoms with Crippen LogP contribution in [0, 0.1) is 0 Å². The molecule has 0 radical (unpaired) electrons. The number of halogens is 1. The Labute approximate surface area is 164 Å². The standard InChI is InChI=1S/C19H17BrN4O3/c1-12(13-5-3-2-4-6-13)27-17-8-7-14(10-22-17)18(25)23-24-19(26)16-9-15(20)11-21-16/h2-12,21H,1H3,(H,23,25)(H,24,26). The molecule has 1 unspecified atom stereocenters. The molecule has 0 spiro atoms. The summed E-state index contributed by atoms with van der Waals surface area (Å²) in [5, 5.41) is 0. The lowest BCUT2D eigenvalue weighted by Crippen LogP contribution is -2.41. The molecule has 0 saturated heterocycles. The fourth-order valence-corrected chi connectivity index (χ4v) is 2.65. The van der Waals surface area contributed by atoms with Gasteiger partial charge in [-0.1, -0.05) is 30.3 Å². The van der Waals surface area contributed by atoms with E-state index in [2.05, 4.69) is 36.7 Å². The van der Waals surface area contributed by atoms with Crippen LogP contribution in [-0.2, 0) is 0 Å². The molecule has 1 atom stereocenters. The van der Waals surface area contributed by atoms with Crippen molar-refractivity contribution in [2.45, 2.75) is 13.0 Å². The number of aromatic nitrogens is 2. The molecule has 138 valence electrons. The zero-order valence-electron chi connectivity index (χ0n) is 14.4. The van der Waals surface area contributed by atoms with Gasteiger partial charge in [0.05, 0.1) is 5.56 Å². The van der Waals surface area contributed by atoms with Gasteiger partial charge in [-0.05, 0) is 40.5 Å². The van der Waals surface area contributed by atoms with Crippen LogP contribution in [0.4, 0.5) is 0 Å². The van der Waals surface area contributed by atoms with Gasteiger partial charge in [-0.2, -0.15) is 0 Å². The molecule has 3 N–H and O–H groups in total. The number of H-pyrrole nitrogens is 1. The first-order chi connectivity index (χ1) is 13.0. The van der Waals surface area contributed by atoms with Crippen molar-refractivity contribution in [3.05, 3.63) is 82.2 Å². The van der Waals surface area contributed by atoms with Crippen LogP contribution in [0.2, 0.25) is 0 Å². The molecule has 0 aliphatic carbocycles. The zero-order valence-corrected chi connectivity index (χ0v) is 16.0. The van der Waals surface area contributed by atoms with Crippen molar-refractivity contribution in [2.24, 2.45) is 0 Å². The molecule has 0 aliphatic rings. The van der Waals surface area contributed by atoms with Gasteiger partial charge in [-0.3, -0.25) is 20.4 Å². The van der Waals surface area contributed by atoms with Crippen LogP contribution in [-0.4, -0.2) is 21.8 Å². The van der Waals surface area contributed by atoms with Crippen LogP contribution in [0.25, 0.3) is 0 Å². The quantitative estimate of drug-likeness (QED) is 0.542. The van der Waals surface area contributed by atoms with E-state index in [1.54, 1.807) is 24.4 Å². The molecule has 0 saturated carbocycles. The first-order valence-electron chi connectivity index (χ1n) is 8.15. The van der Waals surface area contributed by atoms with Crippen molar-refractivity contribution in [2.75, 3.05) is 0 Å². The number of pyridine rings is 1. The smallest absolute Gasteiger partial charge is 0.286 e. The Balaban J connectivity index is 1.55. The van der Waals surface area contributed by atoms with Crippen molar-refractivity contribution in [1.29, 1.82) is 0 Å². The van der Waals surface area contributed by atoms with E-state index in [1.165, 1.54) is 6.20 Å². The van der Waals surface area contributed by atoms with Crippen molar-refractivity contribution < 1.29 is 14.3 Å². The van der Waals surface area contributed by atoms with E-state index >= 15 is 0 Å². The summed E-state index contributed by atoms with van der Waals surface area (Å²) in [5.41, 5.74) is 6.31. The van der Waals surface area contributed by atoms with Gasteiger partial charge in [0, 0.05) is 22.9 Å². The first-order valence-corrected chi connectivity index (χ1v) is 8.94. The molecule has 27 heavy (non-hydrogen) atoms. The Kier molecular flexibility index (Phi) is 5.87. The summed E-state index contributed by atoms with van der Waals surface area (Å²) in [4.78, 5) is 30.9. The molecular formula is C19H17BrN4O3. The Morgan fingerprint density at radius 1 is 1.11 bits per heavy atom. The lowest BCUT2D eigenvalue weighted by molar-refractivity contribution is 0.0844. The fourth-order valence-electron chi connectivity index (χ4n) is 2.31. The summed E-state index contributed by atoms with van der Waals surface area (Å²) >= 11 is 3.24. The van der Waals surface area contributed by atoms with Crippen molar-refractivity contribution in [1.82, 2.24) is 20.8 Å². The Bertz CT molecular complexity index is 926. The highest BCUT2D eigenvalue weighted by Gasteiger charge is 2.12. The van der Waals surface area contributed by atoms with Crippen LogP contribution >= 0.6 is 15.9 Å². The SMILES string of the molecule is CC(Oc1ccc(C(=O)NNC(=O)c2cc(Br)c[nH]2)cn1)c1ccccc1. The number of hydrogen-bond donors (Lipinski definition) is 3. The second-order valence-corrected chi connectivity index (χ2v) is 6.61. The van der Waals surface area contributed by atoms with E-state index in [1.807, 2.05) is 37.3 Å². The lowest BCUT2D eigenvalue weighted by atomic mass is 10.1. The summed E-state index contributed by atoms with van der Waals surface area (Å²) in [5.74, 6) is -0.536. The molecule has 8 heteroatoms. The van der Waals surface area contributed by atoms with Gasteiger partial charge in [0.15, 0.2) is 0 Å². The number of amides is 2. The summed E-state index contributed by atoms with van der Waals surface area (Å²) in [7, 11) is 0. The molecule has 0 aliphatic heterocycles. The van der Waals surface area contributed by atoms with E-state index in [9.17, 15) is 9.59 Å². The normalized spacial score (nSPS) is 11.5. The zero-order chi connectivity index (χ0) is 19.2. The minimum Gasteiger partial charge on any atom is -0.470 e. The number of rotatable bonds is 5. The maximum absolute atomic E-state index is 12.1. The van der Waals surface area contributed by atoms with Gasteiger partial charge < -0.3 is 9.72 Å². The van der Waals surface area contributed by atoms with Crippen molar-refractivity contribution in [3.8, 4) is 5.88 Å². The summed E-state index contributed by atoms with van der Waals surface area (Å²) in [6.07, 6.45) is 2.84. The molecule has 0 bridgehead atoms. The Hall–Kier alpha value is -3.13. The van der Waals surface area contributed by atoms with Gasteiger partial charge >= 0.3 is 0 Å². The van der Waals surface area contributed by atoms with Gasteiger partial charge in [-0.15, -0.1) is 0 Å².